The molecule has 0 aliphatic heterocycles. The van der Waals surface area contributed by atoms with E-state index in [9.17, 15) is 13.6 Å². The van der Waals surface area contributed by atoms with Gasteiger partial charge in [-0.3, -0.25) is 4.79 Å². The monoisotopic (exact) mass is 278 g/mol. The Kier molecular flexibility index (Phi) is 3.44. The van der Waals surface area contributed by atoms with Gasteiger partial charge in [0.1, 0.15) is 6.42 Å². The van der Waals surface area contributed by atoms with Gasteiger partial charge in [-0.2, -0.15) is 0 Å². The third-order valence-corrected chi connectivity index (χ3v) is 2.55. The first kappa shape index (κ1) is 12.1. The highest BCUT2D eigenvalue weighted by molar-refractivity contribution is 9.10. The molecule has 15 heavy (non-hydrogen) atoms. The number of benzene rings is 1. The molecule has 0 aliphatic carbocycles. The normalized spacial score (nSPS) is 11.5. The van der Waals surface area contributed by atoms with Crippen LogP contribution < -0.4 is 0 Å². The second-order valence-electron chi connectivity index (χ2n) is 3.26. The summed E-state index contributed by atoms with van der Waals surface area (Å²) in [4.78, 5) is 10.3. The molecule has 0 fully saturated rings. The highest BCUT2D eigenvalue weighted by Gasteiger charge is 2.36. The molecule has 0 saturated heterocycles. The van der Waals surface area contributed by atoms with Gasteiger partial charge in [-0.25, -0.2) is 8.78 Å². The molecule has 0 heterocycles. The number of carboxylic acids is 1. The minimum atomic E-state index is -3.35. The summed E-state index contributed by atoms with van der Waals surface area (Å²) in [5, 5.41) is 8.36. The lowest BCUT2D eigenvalue weighted by molar-refractivity contribution is -0.145. The second-order valence-corrected chi connectivity index (χ2v) is 4.11. The third kappa shape index (κ3) is 2.99. The lowest BCUT2D eigenvalue weighted by Crippen LogP contribution is -2.19. The van der Waals surface area contributed by atoms with E-state index in [0.717, 1.165) is 5.56 Å². The molecular weight excluding hydrogens is 270 g/mol. The molecule has 5 heteroatoms. The summed E-state index contributed by atoms with van der Waals surface area (Å²) >= 11 is 3.00. The predicted molar refractivity (Wildman–Crippen MR) is 55.0 cm³/mol. The van der Waals surface area contributed by atoms with Crippen LogP contribution >= 0.6 is 15.9 Å². The Morgan fingerprint density at radius 3 is 2.60 bits per heavy atom. The topological polar surface area (TPSA) is 37.3 Å². The Labute approximate surface area is 94.0 Å². The van der Waals surface area contributed by atoms with Crippen molar-refractivity contribution in [3.05, 3.63) is 33.8 Å². The fourth-order valence-electron chi connectivity index (χ4n) is 1.20. The van der Waals surface area contributed by atoms with Crippen LogP contribution in [0, 0.1) is 6.92 Å². The summed E-state index contributed by atoms with van der Waals surface area (Å²) in [7, 11) is 0. The van der Waals surface area contributed by atoms with Crippen LogP contribution in [0.3, 0.4) is 0 Å². The first-order chi connectivity index (χ1) is 6.83. The number of rotatable bonds is 3. The van der Waals surface area contributed by atoms with E-state index in [-0.39, 0.29) is 10.0 Å². The smallest absolute Gasteiger partial charge is 0.309 e. The summed E-state index contributed by atoms with van der Waals surface area (Å²) in [5.74, 6) is -4.87. The quantitative estimate of drug-likeness (QED) is 0.921. The molecule has 0 amide bonds. The average molecular weight is 279 g/mol. The van der Waals surface area contributed by atoms with Gasteiger partial charge in [0.05, 0.1) is 0 Å². The zero-order chi connectivity index (χ0) is 11.6. The minimum Gasteiger partial charge on any atom is -0.481 e. The predicted octanol–water partition coefficient (Wildman–Crippen LogP) is 3.32. The molecule has 0 aliphatic rings. The summed E-state index contributed by atoms with van der Waals surface area (Å²) < 4.78 is 27.0. The molecule has 1 aromatic rings. The van der Waals surface area contributed by atoms with Crippen LogP contribution in [0.5, 0.6) is 0 Å². The van der Waals surface area contributed by atoms with Crippen LogP contribution in [-0.2, 0) is 10.7 Å². The fourth-order valence-corrected chi connectivity index (χ4v) is 1.99. The number of carbonyl (C=O) groups is 1. The van der Waals surface area contributed by atoms with Gasteiger partial charge >= 0.3 is 5.97 Å². The van der Waals surface area contributed by atoms with Gasteiger partial charge in [0, 0.05) is 10.0 Å². The van der Waals surface area contributed by atoms with Gasteiger partial charge in [-0.05, 0) is 18.6 Å². The number of alkyl halides is 2. The van der Waals surface area contributed by atoms with E-state index < -0.39 is 18.3 Å². The van der Waals surface area contributed by atoms with Crippen LogP contribution in [-0.4, -0.2) is 11.1 Å². The Balaban J connectivity index is 3.09. The third-order valence-electron chi connectivity index (χ3n) is 1.89. The first-order valence-corrected chi connectivity index (χ1v) is 4.98. The van der Waals surface area contributed by atoms with E-state index in [2.05, 4.69) is 15.9 Å². The van der Waals surface area contributed by atoms with Gasteiger partial charge in [-0.15, -0.1) is 0 Å². The van der Waals surface area contributed by atoms with E-state index in [1.807, 2.05) is 0 Å². The molecule has 0 bridgehead atoms. The highest BCUT2D eigenvalue weighted by Crippen LogP contribution is 2.36. The van der Waals surface area contributed by atoms with Crippen molar-refractivity contribution >= 4 is 21.9 Å². The van der Waals surface area contributed by atoms with E-state index in [1.165, 1.54) is 18.2 Å². The number of halogens is 3. The molecular formula is C10H9BrF2O2. The maximum atomic E-state index is 13.4. The summed E-state index contributed by atoms with van der Waals surface area (Å²) in [6, 6.07) is 4.29. The Hall–Kier alpha value is -0.970. The van der Waals surface area contributed by atoms with Crippen molar-refractivity contribution in [2.24, 2.45) is 0 Å². The van der Waals surface area contributed by atoms with Crippen LogP contribution in [0.1, 0.15) is 17.5 Å². The maximum Gasteiger partial charge on any atom is 0.309 e. The zero-order valence-electron chi connectivity index (χ0n) is 7.93. The van der Waals surface area contributed by atoms with E-state index in [4.69, 9.17) is 5.11 Å². The number of aliphatic carboxylic acids is 1. The lowest BCUT2D eigenvalue weighted by atomic mass is 10.0. The molecule has 0 radical (unpaired) electrons. The Morgan fingerprint density at radius 1 is 1.53 bits per heavy atom. The van der Waals surface area contributed by atoms with Gasteiger partial charge in [-0.1, -0.05) is 28.1 Å². The van der Waals surface area contributed by atoms with Gasteiger partial charge in [0.15, 0.2) is 0 Å². The molecule has 0 aromatic heterocycles. The van der Waals surface area contributed by atoms with Crippen LogP contribution in [0.25, 0.3) is 0 Å². The van der Waals surface area contributed by atoms with Crippen molar-refractivity contribution in [2.45, 2.75) is 19.3 Å². The van der Waals surface area contributed by atoms with E-state index in [1.54, 1.807) is 6.92 Å². The molecule has 2 nitrogen and oxygen atoms in total. The molecule has 1 N–H and O–H groups in total. The summed E-state index contributed by atoms with van der Waals surface area (Å²) in [6.45, 7) is 1.77. The number of aryl methyl sites for hydroxylation is 1. The van der Waals surface area contributed by atoms with Gasteiger partial charge in [0.2, 0.25) is 0 Å². The van der Waals surface area contributed by atoms with Crippen molar-refractivity contribution in [3.63, 3.8) is 0 Å². The standard InChI is InChI=1S/C10H9BrF2O2/c1-6-2-3-7(8(11)4-6)10(12,13)5-9(14)15/h2-4H,5H2,1H3,(H,14,15). The van der Waals surface area contributed by atoms with Crippen molar-refractivity contribution in [2.75, 3.05) is 0 Å². The maximum absolute atomic E-state index is 13.4. The molecule has 0 saturated carbocycles. The van der Waals surface area contributed by atoms with Crippen LogP contribution in [0.2, 0.25) is 0 Å². The van der Waals surface area contributed by atoms with Crippen molar-refractivity contribution < 1.29 is 18.7 Å². The molecule has 0 spiro atoms. The van der Waals surface area contributed by atoms with Crippen LogP contribution in [0.4, 0.5) is 8.78 Å². The van der Waals surface area contributed by atoms with Crippen LogP contribution in [0.15, 0.2) is 22.7 Å². The Bertz CT molecular complexity index is 391. The number of carboxylic acid groups (broad SMARTS) is 1. The van der Waals surface area contributed by atoms with Gasteiger partial charge in [0.25, 0.3) is 5.92 Å². The minimum absolute atomic E-state index is 0.230. The average Bonchev–Trinajstić information content (AvgIpc) is 1.99. The summed E-state index contributed by atoms with van der Waals surface area (Å²) in [5.41, 5.74) is 0.534. The molecule has 82 valence electrons. The SMILES string of the molecule is Cc1ccc(C(F)(F)CC(=O)O)c(Br)c1. The van der Waals surface area contributed by atoms with Crippen molar-refractivity contribution in [1.29, 1.82) is 0 Å². The fraction of sp³-hybridized carbons (Fsp3) is 0.300. The molecule has 1 rings (SSSR count). The van der Waals surface area contributed by atoms with Gasteiger partial charge < -0.3 is 5.11 Å². The largest absolute Gasteiger partial charge is 0.481 e. The molecule has 0 unspecified atom stereocenters. The Morgan fingerprint density at radius 2 is 2.13 bits per heavy atom. The lowest BCUT2D eigenvalue weighted by Gasteiger charge is -2.16. The summed E-state index contributed by atoms with van der Waals surface area (Å²) in [6.07, 6.45) is -1.20. The second kappa shape index (κ2) is 4.26. The highest BCUT2D eigenvalue weighted by atomic mass is 79.9. The van der Waals surface area contributed by atoms with E-state index >= 15 is 0 Å². The zero-order valence-corrected chi connectivity index (χ0v) is 9.51. The number of hydrogen-bond donors (Lipinski definition) is 1. The first-order valence-electron chi connectivity index (χ1n) is 4.19. The molecule has 1 aromatic carbocycles. The number of hydrogen-bond acceptors (Lipinski definition) is 1. The molecule has 0 atom stereocenters. The van der Waals surface area contributed by atoms with E-state index in [0.29, 0.717) is 0 Å². The van der Waals surface area contributed by atoms with Crippen molar-refractivity contribution in [3.8, 4) is 0 Å². The van der Waals surface area contributed by atoms with Crippen molar-refractivity contribution in [1.82, 2.24) is 0 Å².